The lowest BCUT2D eigenvalue weighted by atomic mass is 9.98. The number of rotatable bonds is 4. The van der Waals surface area contributed by atoms with Gasteiger partial charge in [-0.15, -0.1) is 0 Å². The molecule has 0 aliphatic carbocycles. The Kier molecular flexibility index (Phi) is 4.80. The standard InChI is InChI=1S/C15H21NO3/c1-18-11-12-4-3-9-16(10-12)15(17)13-5-7-14(19-2)8-6-13/h5-8,12H,3-4,9-11H2,1-2H3. The molecule has 1 saturated heterocycles. The van der Waals surface area contributed by atoms with E-state index < -0.39 is 0 Å². The molecule has 1 amide bonds. The number of hydrogen-bond acceptors (Lipinski definition) is 3. The molecule has 0 N–H and O–H groups in total. The van der Waals surface area contributed by atoms with E-state index in [-0.39, 0.29) is 5.91 Å². The molecule has 4 heteroatoms. The number of ether oxygens (including phenoxy) is 2. The van der Waals surface area contributed by atoms with Gasteiger partial charge in [-0.25, -0.2) is 0 Å². The van der Waals surface area contributed by atoms with Crippen LogP contribution in [0.25, 0.3) is 0 Å². The van der Waals surface area contributed by atoms with Crippen molar-refractivity contribution >= 4 is 5.91 Å². The lowest BCUT2D eigenvalue weighted by Gasteiger charge is -2.32. The summed E-state index contributed by atoms with van der Waals surface area (Å²) in [6.07, 6.45) is 2.19. The Hall–Kier alpha value is -1.55. The maximum atomic E-state index is 12.4. The fraction of sp³-hybridized carbons (Fsp3) is 0.533. The largest absolute Gasteiger partial charge is 0.497 e. The molecule has 1 aliphatic heterocycles. The quantitative estimate of drug-likeness (QED) is 0.836. The lowest BCUT2D eigenvalue weighted by molar-refractivity contribution is 0.0571. The minimum absolute atomic E-state index is 0.100. The van der Waals surface area contributed by atoms with Crippen molar-refractivity contribution in [3.63, 3.8) is 0 Å². The van der Waals surface area contributed by atoms with Gasteiger partial charge in [0.1, 0.15) is 5.75 Å². The van der Waals surface area contributed by atoms with Crippen LogP contribution in [0.2, 0.25) is 0 Å². The second-order valence-electron chi connectivity index (χ2n) is 4.94. The summed E-state index contributed by atoms with van der Waals surface area (Å²) in [5.41, 5.74) is 0.721. The summed E-state index contributed by atoms with van der Waals surface area (Å²) >= 11 is 0. The van der Waals surface area contributed by atoms with E-state index >= 15 is 0 Å². The Morgan fingerprint density at radius 2 is 2.05 bits per heavy atom. The molecular weight excluding hydrogens is 242 g/mol. The zero-order chi connectivity index (χ0) is 13.7. The number of hydrogen-bond donors (Lipinski definition) is 0. The molecule has 2 rings (SSSR count). The highest BCUT2D eigenvalue weighted by atomic mass is 16.5. The highest BCUT2D eigenvalue weighted by molar-refractivity contribution is 5.94. The van der Waals surface area contributed by atoms with Crippen molar-refractivity contribution in [3.8, 4) is 5.75 Å². The average Bonchev–Trinajstić information content (AvgIpc) is 2.47. The van der Waals surface area contributed by atoms with Crippen LogP contribution in [0.1, 0.15) is 23.2 Å². The summed E-state index contributed by atoms with van der Waals surface area (Å²) in [5, 5.41) is 0. The lowest BCUT2D eigenvalue weighted by Crippen LogP contribution is -2.41. The van der Waals surface area contributed by atoms with Crippen LogP contribution in [0.4, 0.5) is 0 Å². The van der Waals surface area contributed by atoms with Gasteiger partial charge < -0.3 is 14.4 Å². The van der Waals surface area contributed by atoms with Gasteiger partial charge >= 0.3 is 0 Å². The van der Waals surface area contributed by atoms with Crippen LogP contribution in [-0.4, -0.2) is 44.7 Å². The van der Waals surface area contributed by atoms with Crippen molar-refractivity contribution < 1.29 is 14.3 Å². The third-order valence-electron chi connectivity index (χ3n) is 3.55. The first kappa shape index (κ1) is 13.9. The van der Waals surface area contributed by atoms with Crippen molar-refractivity contribution in [1.82, 2.24) is 4.90 Å². The van der Waals surface area contributed by atoms with Crippen LogP contribution in [0.3, 0.4) is 0 Å². The van der Waals surface area contributed by atoms with E-state index in [2.05, 4.69) is 0 Å². The SMILES string of the molecule is COCC1CCCN(C(=O)c2ccc(OC)cc2)C1. The summed E-state index contributed by atoms with van der Waals surface area (Å²) in [6, 6.07) is 7.29. The summed E-state index contributed by atoms with van der Waals surface area (Å²) in [5.74, 6) is 1.33. The molecule has 1 aromatic carbocycles. The van der Waals surface area contributed by atoms with Gasteiger partial charge in [0, 0.05) is 25.8 Å². The van der Waals surface area contributed by atoms with Crippen LogP contribution < -0.4 is 4.74 Å². The summed E-state index contributed by atoms with van der Waals surface area (Å²) in [6.45, 7) is 2.36. The second-order valence-corrected chi connectivity index (χ2v) is 4.94. The minimum Gasteiger partial charge on any atom is -0.497 e. The molecule has 4 nitrogen and oxygen atoms in total. The second kappa shape index (κ2) is 6.57. The van der Waals surface area contributed by atoms with Crippen molar-refractivity contribution in [1.29, 1.82) is 0 Å². The number of piperidine rings is 1. The first-order chi connectivity index (χ1) is 9.24. The van der Waals surface area contributed by atoms with Gasteiger partial charge in [0.15, 0.2) is 0 Å². The average molecular weight is 263 g/mol. The molecule has 0 radical (unpaired) electrons. The number of likely N-dealkylation sites (tertiary alicyclic amines) is 1. The van der Waals surface area contributed by atoms with Crippen molar-refractivity contribution in [2.45, 2.75) is 12.8 Å². The first-order valence-electron chi connectivity index (χ1n) is 6.67. The predicted molar refractivity (Wildman–Crippen MR) is 73.5 cm³/mol. The molecule has 104 valence electrons. The molecule has 19 heavy (non-hydrogen) atoms. The van der Waals surface area contributed by atoms with Gasteiger partial charge in [0.05, 0.1) is 13.7 Å². The van der Waals surface area contributed by atoms with Crippen LogP contribution in [0.15, 0.2) is 24.3 Å². The maximum Gasteiger partial charge on any atom is 0.253 e. The van der Waals surface area contributed by atoms with Crippen LogP contribution in [0, 0.1) is 5.92 Å². The topological polar surface area (TPSA) is 38.8 Å². The van der Waals surface area contributed by atoms with E-state index in [1.165, 1.54) is 0 Å². The van der Waals surface area contributed by atoms with Gasteiger partial charge in [0.25, 0.3) is 5.91 Å². The third-order valence-corrected chi connectivity index (χ3v) is 3.55. The van der Waals surface area contributed by atoms with E-state index in [0.717, 1.165) is 43.9 Å². The summed E-state index contributed by atoms with van der Waals surface area (Å²) < 4.78 is 10.3. The van der Waals surface area contributed by atoms with Crippen LogP contribution >= 0.6 is 0 Å². The molecule has 1 unspecified atom stereocenters. The Morgan fingerprint density at radius 3 is 2.68 bits per heavy atom. The summed E-state index contributed by atoms with van der Waals surface area (Å²) in [4.78, 5) is 14.3. The Bertz CT molecular complexity index is 414. The number of carbonyl (C=O) groups excluding carboxylic acids is 1. The molecule has 0 saturated carbocycles. The molecule has 0 aromatic heterocycles. The van der Waals surface area contributed by atoms with Crippen molar-refractivity contribution in [2.24, 2.45) is 5.92 Å². The number of nitrogens with zero attached hydrogens (tertiary/aromatic N) is 1. The van der Waals surface area contributed by atoms with E-state index in [0.29, 0.717) is 5.92 Å². The maximum absolute atomic E-state index is 12.4. The van der Waals surface area contributed by atoms with Gasteiger partial charge in [-0.05, 0) is 43.0 Å². The highest BCUT2D eigenvalue weighted by Gasteiger charge is 2.24. The molecule has 1 aliphatic rings. The number of amides is 1. The minimum atomic E-state index is 0.100. The molecule has 1 aromatic rings. The highest BCUT2D eigenvalue weighted by Crippen LogP contribution is 2.20. The normalized spacial score (nSPS) is 19.3. The monoisotopic (exact) mass is 263 g/mol. The number of methoxy groups -OCH3 is 2. The van der Waals surface area contributed by atoms with Gasteiger partial charge in [-0.2, -0.15) is 0 Å². The van der Waals surface area contributed by atoms with Gasteiger partial charge in [0.2, 0.25) is 0 Å². The Morgan fingerprint density at radius 1 is 1.32 bits per heavy atom. The predicted octanol–water partition coefficient (Wildman–Crippen LogP) is 2.19. The van der Waals surface area contributed by atoms with Crippen LogP contribution in [0.5, 0.6) is 5.75 Å². The Labute approximate surface area is 114 Å². The van der Waals surface area contributed by atoms with E-state index in [1.807, 2.05) is 29.2 Å². The number of carbonyl (C=O) groups is 1. The van der Waals surface area contributed by atoms with E-state index in [9.17, 15) is 4.79 Å². The van der Waals surface area contributed by atoms with E-state index in [4.69, 9.17) is 9.47 Å². The smallest absolute Gasteiger partial charge is 0.253 e. The van der Waals surface area contributed by atoms with Gasteiger partial charge in [-0.3, -0.25) is 4.79 Å². The first-order valence-corrected chi connectivity index (χ1v) is 6.67. The Balaban J connectivity index is 2.01. The molecule has 0 spiro atoms. The molecule has 1 fully saturated rings. The number of benzene rings is 1. The summed E-state index contributed by atoms with van der Waals surface area (Å²) in [7, 11) is 3.33. The van der Waals surface area contributed by atoms with Crippen molar-refractivity contribution in [2.75, 3.05) is 33.9 Å². The van der Waals surface area contributed by atoms with Crippen LogP contribution in [-0.2, 0) is 4.74 Å². The molecular formula is C15H21NO3. The fourth-order valence-electron chi connectivity index (χ4n) is 2.54. The molecule has 0 bridgehead atoms. The van der Waals surface area contributed by atoms with Gasteiger partial charge in [-0.1, -0.05) is 0 Å². The zero-order valence-corrected chi connectivity index (χ0v) is 11.6. The van der Waals surface area contributed by atoms with Crippen molar-refractivity contribution in [3.05, 3.63) is 29.8 Å². The van der Waals surface area contributed by atoms with E-state index in [1.54, 1.807) is 14.2 Å². The zero-order valence-electron chi connectivity index (χ0n) is 11.6. The molecule has 1 atom stereocenters. The molecule has 1 heterocycles. The fourth-order valence-corrected chi connectivity index (χ4v) is 2.54. The third kappa shape index (κ3) is 3.47.